The summed E-state index contributed by atoms with van der Waals surface area (Å²) in [6.07, 6.45) is 1.51. The van der Waals surface area contributed by atoms with Gasteiger partial charge in [-0.15, -0.1) is 0 Å². The van der Waals surface area contributed by atoms with Crippen molar-refractivity contribution in [2.45, 2.75) is 6.61 Å². The largest absolute Gasteiger partial charge is 0.497 e. The molecule has 2 aromatic heterocycles. The molecule has 9 nitrogen and oxygen atoms in total. The molecule has 0 saturated carbocycles. The summed E-state index contributed by atoms with van der Waals surface area (Å²) in [6, 6.07) is 9.76. The van der Waals surface area contributed by atoms with E-state index in [1.54, 1.807) is 24.3 Å². The van der Waals surface area contributed by atoms with E-state index < -0.39 is 11.9 Å². The van der Waals surface area contributed by atoms with Gasteiger partial charge in [0, 0.05) is 17.7 Å². The second-order valence-electron chi connectivity index (χ2n) is 5.60. The molecule has 0 spiro atoms. The minimum Gasteiger partial charge on any atom is -0.497 e. The molecule has 3 aromatic rings. The Morgan fingerprint density at radius 3 is 2.46 bits per heavy atom. The van der Waals surface area contributed by atoms with Crippen molar-refractivity contribution in [3.63, 3.8) is 0 Å². The van der Waals surface area contributed by atoms with E-state index >= 15 is 0 Å². The highest BCUT2D eigenvalue weighted by Crippen LogP contribution is 2.22. The Balaban J connectivity index is 1.50. The third-order valence-electron chi connectivity index (χ3n) is 3.71. The molecule has 0 atom stereocenters. The molecule has 1 aromatic carbocycles. The van der Waals surface area contributed by atoms with E-state index in [-0.39, 0.29) is 13.2 Å². The molecule has 0 bridgehead atoms. The first-order valence-electron chi connectivity index (χ1n) is 8.25. The lowest BCUT2D eigenvalue weighted by molar-refractivity contribution is -0.143. The number of methoxy groups -OCH3 is 2. The van der Waals surface area contributed by atoms with Gasteiger partial charge < -0.3 is 28.5 Å². The average molecular weight is 386 g/mol. The first kappa shape index (κ1) is 19.0. The number of nitrogens with zero attached hydrogens (tertiary/aromatic N) is 1. The van der Waals surface area contributed by atoms with Crippen LogP contribution in [0.3, 0.4) is 0 Å². The fourth-order valence-electron chi connectivity index (χ4n) is 2.31. The van der Waals surface area contributed by atoms with Gasteiger partial charge in [-0.25, -0.2) is 0 Å². The number of esters is 1. The molecule has 0 aliphatic carbocycles. The lowest BCUT2D eigenvalue weighted by Crippen LogP contribution is -2.30. The van der Waals surface area contributed by atoms with Crippen LogP contribution in [-0.4, -0.2) is 37.8 Å². The summed E-state index contributed by atoms with van der Waals surface area (Å²) in [5.74, 6) is 0.791. The molecular weight excluding hydrogens is 368 g/mol. The third-order valence-corrected chi connectivity index (χ3v) is 3.71. The first-order chi connectivity index (χ1) is 13.6. The van der Waals surface area contributed by atoms with Gasteiger partial charge in [0.25, 0.3) is 5.91 Å². The maximum atomic E-state index is 12.2. The zero-order valence-corrected chi connectivity index (χ0v) is 15.3. The molecule has 0 radical (unpaired) electrons. The minimum absolute atomic E-state index is 0.0914. The van der Waals surface area contributed by atoms with Gasteiger partial charge in [-0.1, -0.05) is 5.16 Å². The zero-order valence-electron chi connectivity index (χ0n) is 15.3. The van der Waals surface area contributed by atoms with Gasteiger partial charge in [-0.05, 0) is 24.3 Å². The number of amides is 1. The Morgan fingerprint density at radius 2 is 1.82 bits per heavy atom. The SMILES string of the molecule is COc1cc(OC)cc(C(=O)NCC(=O)OCc2cc(-c3ccco3)on2)c1. The second-order valence-corrected chi connectivity index (χ2v) is 5.60. The summed E-state index contributed by atoms with van der Waals surface area (Å²) < 4.78 is 25.6. The highest BCUT2D eigenvalue weighted by molar-refractivity contribution is 5.96. The number of hydrogen-bond acceptors (Lipinski definition) is 8. The van der Waals surface area contributed by atoms with Crippen LogP contribution < -0.4 is 14.8 Å². The monoisotopic (exact) mass is 386 g/mol. The topological polar surface area (TPSA) is 113 Å². The molecule has 1 N–H and O–H groups in total. The zero-order chi connectivity index (χ0) is 19.9. The number of rotatable bonds is 8. The number of hydrogen-bond donors (Lipinski definition) is 1. The van der Waals surface area contributed by atoms with E-state index in [1.807, 2.05) is 0 Å². The van der Waals surface area contributed by atoms with Crippen molar-refractivity contribution < 1.29 is 32.7 Å². The first-order valence-corrected chi connectivity index (χ1v) is 8.25. The van der Waals surface area contributed by atoms with Crippen LogP contribution in [-0.2, 0) is 16.1 Å². The fraction of sp³-hybridized carbons (Fsp3) is 0.211. The number of furan rings is 1. The van der Waals surface area contributed by atoms with Crippen LogP contribution in [0.25, 0.3) is 11.5 Å². The van der Waals surface area contributed by atoms with Crippen LogP contribution in [0, 0.1) is 0 Å². The molecule has 0 saturated heterocycles. The van der Waals surface area contributed by atoms with Gasteiger partial charge in [-0.3, -0.25) is 9.59 Å². The Labute approximate surface area is 160 Å². The normalized spacial score (nSPS) is 10.4. The van der Waals surface area contributed by atoms with Crippen LogP contribution in [0.1, 0.15) is 16.1 Å². The summed E-state index contributed by atoms with van der Waals surface area (Å²) in [7, 11) is 2.96. The van der Waals surface area contributed by atoms with E-state index in [2.05, 4.69) is 10.5 Å². The average Bonchev–Trinajstić information content (AvgIpc) is 3.41. The summed E-state index contributed by atoms with van der Waals surface area (Å²) in [6.45, 7) is -0.396. The third kappa shape index (κ3) is 4.70. The van der Waals surface area contributed by atoms with Gasteiger partial charge in [-0.2, -0.15) is 0 Å². The van der Waals surface area contributed by atoms with Gasteiger partial charge in [0.1, 0.15) is 30.3 Å². The maximum Gasteiger partial charge on any atom is 0.325 e. The lowest BCUT2D eigenvalue weighted by atomic mass is 10.2. The highest BCUT2D eigenvalue weighted by Gasteiger charge is 2.14. The molecule has 28 heavy (non-hydrogen) atoms. The van der Waals surface area contributed by atoms with E-state index in [0.29, 0.717) is 34.3 Å². The molecule has 0 aliphatic heterocycles. The molecular formula is C19H18N2O7. The van der Waals surface area contributed by atoms with Crippen LogP contribution in [0.5, 0.6) is 11.5 Å². The van der Waals surface area contributed by atoms with Crippen LogP contribution in [0.15, 0.2) is 51.6 Å². The van der Waals surface area contributed by atoms with E-state index in [4.69, 9.17) is 23.2 Å². The number of carbonyl (C=O) groups excluding carboxylic acids is 2. The van der Waals surface area contributed by atoms with Gasteiger partial charge in [0.2, 0.25) is 5.76 Å². The Kier molecular flexibility index (Phi) is 5.95. The van der Waals surface area contributed by atoms with Crippen molar-refractivity contribution in [2.24, 2.45) is 0 Å². The fourth-order valence-corrected chi connectivity index (χ4v) is 2.31. The molecule has 9 heteroatoms. The van der Waals surface area contributed by atoms with Crippen molar-refractivity contribution in [3.8, 4) is 23.0 Å². The summed E-state index contributed by atoms with van der Waals surface area (Å²) in [4.78, 5) is 24.1. The minimum atomic E-state index is -0.620. The molecule has 2 heterocycles. The lowest BCUT2D eigenvalue weighted by Gasteiger charge is -2.09. The number of carbonyl (C=O) groups is 2. The Bertz CT molecular complexity index is 925. The smallest absolute Gasteiger partial charge is 0.325 e. The standard InChI is InChI=1S/C19H18N2O7/c1-24-14-6-12(7-15(9-14)25-2)19(23)20-10-18(22)27-11-13-8-17(28-21-13)16-4-3-5-26-16/h3-9H,10-11H2,1-2H3,(H,20,23). The van der Waals surface area contributed by atoms with Crippen LogP contribution in [0.2, 0.25) is 0 Å². The molecule has 146 valence electrons. The summed E-state index contributed by atoms with van der Waals surface area (Å²) in [5.41, 5.74) is 0.715. The number of nitrogens with one attached hydrogen (secondary N) is 1. The predicted octanol–water partition coefficient (Wildman–Crippen LogP) is 2.42. The van der Waals surface area contributed by atoms with Crippen molar-refractivity contribution >= 4 is 11.9 Å². The van der Waals surface area contributed by atoms with Crippen molar-refractivity contribution in [2.75, 3.05) is 20.8 Å². The van der Waals surface area contributed by atoms with Gasteiger partial charge in [0.15, 0.2) is 5.76 Å². The van der Waals surface area contributed by atoms with E-state index in [0.717, 1.165) is 0 Å². The van der Waals surface area contributed by atoms with E-state index in [9.17, 15) is 9.59 Å². The molecule has 1 amide bonds. The molecule has 3 rings (SSSR count). The van der Waals surface area contributed by atoms with Crippen LogP contribution >= 0.6 is 0 Å². The number of aromatic nitrogens is 1. The highest BCUT2D eigenvalue weighted by atomic mass is 16.5. The molecule has 0 aliphatic rings. The van der Waals surface area contributed by atoms with Crippen molar-refractivity contribution in [3.05, 3.63) is 53.9 Å². The second kappa shape index (κ2) is 8.76. The molecule has 0 unspecified atom stereocenters. The Hall–Kier alpha value is -3.75. The van der Waals surface area contributed by atoms with Gasteiger partial charge in [0.05, 0.1) is 20.5 Å². The number of ether oxygens (including phenoxy) is 3. The predicted molar refractivity (Wildman–Crippen MR) is 95.9 cm³/mol. The summed E-state index contributed by atoms with van der Waals surface area (Å²) in [5, 5.41) is 6.28. The summed E-state index contributed by atoms with van der Waals surface area (Å²) >= 11 is 0. The number of benzene rings is 1. The van der Waals surface area contributed by atoms with Crippen molar-refractivity contribution in [1.29, 1.82) is 0 Å². The van der Waals surface area contributed by atoms with Gasteiger partial charge >= 0.3 is 5.97 Å². The van der Waals surface area contributed by atoms with E-state index in [1.165, 1.54) is 32.6 Å². The van der Waals surface area contributed by atoms with Crippen LogP contribution in [0.4, 0.5) is 0 Å². The maximum absolute atomic E-state index is 12.2. The van der Waals surface area contributed by atoms with Crippen molar-refractivity contribution in [1.82, 2.24) is 10.5 Å². The molecule has 0 fully saturated rings. The Morgan fingerprint density at radius 1 is 1.07 bits per heavy atom. The quantitative estimate of drug-likeness (QED) is 0.587.